The molecule has 1 fully saturated rings. The first-order valence-corrected chi connectivity index (χ1v) is 18.0. The molecular formula is C30H42F2N2O3SSi. The average molecular weight is 577 g/mol. The van der Waals surface area contributed by atoms with Gasteiger partial charge in [-0.3, -0.25) is 0 Å². The minimum Gasteiger partial charge on any atom is -0.444 e. The quantitative estimate of drug-likeness (QED) is 0.248. The lowest BCUT2D eigenvalue weighted by Crippen LogP contribution is -2.53. The molecule has 0 saturated heterocycles. The van der Waals surface area contributed by atoms with Crippen molar-refractivity contribution < 1.29 is 23.4 Å². The fraction of sp³-hybridized carbons (Fsp3) is 0.567. The first-order valence-electron chi connectivity index (χ1n) is 13.6. The number of rotatable bonds is 8. The Hall–Kier alpha value is -2.25. The van der Waals surface area contributed by atoms with Crippen molar-refractivity contribution in [2.45, 2.75) is 102 Å². The number of carbonyl (C=O) groups excluding carboxylic acids is 1. The Balaban J connectivity index is 1.80. The van der Waals surface area contributed by atoms with Crippen LogP contribution in [-0.2, 0) is 16.7 Å². The molecule has 5 nitrogen and oxygen atoms in total. The van der Waals surface area contributed by atoms with Gasteiger partial charge in [-0.1, -0.05) is 44.8 Å². The highest BCUT2D eigenvalue weighted by atomic mass is 32.1. The van der Waals surface area contributed by atoms with E-state index in [1.54, 1.807) is 32.1 Å². The zero-order chi connectivity index (χ0) is 28.8. The molecular weight excluding hydrogens is 534 g/mol. The molecule has 1 aliphatic carbocycles. The summed E-state index contributed by atoms with van der Waals surface area (Å²) in [4.78, 5) is 13.8. The smallest absolute Gasteiger partial charge is 0.407 e. The summed E-state index contributed by atoms with van der Waals surface area (Å²) < 4.78 is 33.2. The third kappa shape index (κ3) is 10.0. The minimum atomic E-state index is -1.50. The molecule has 1 aromatic carbocycles. The van der Waals surface area contributed by atoms with Crippen LogP contribution in [-0.4, -0.2) is 43.6 Å². The molecule has 39 heavy (non-hydrogen) atoms. The standard InChI is InChI=1S/C30H42F2N2O3SSi/c1-29(2,3)37-28(36)34-25(16-22-14-23(31)18-24(32)15-22)26(35)19-33-30(11-8-7-9-12-30)27-17-21(20-38-27)10-13-39(4,5)6/h14-15,17-18,20,25-26,33,35H,7-9,11-12,16,19H2,1-6H3,(H,34,36)/t25-,26-/m1/s1. The molecule has 3 rings (SSSR count). The molecule has 9 heteroatoms. The summed E-state index contributed by atoms with van der Waals surface area (Å²) in [6, 6.07) is 4.56. The van der Waals surface area contributed by atoms with Crippen molar-refractivity contribution in [3.63, 3.8) is 0 Å². The molecule has 1 amide bonds. The highest BCUT2D eigenvalue weighted by molar-refractivity contribution is 7.10. The summed E-state index contributed by atoms with van der Waals surface area (Å²) in [6.45, 7) is 12.1. The Labute approximate surface area is 236 Å². The van der Waals surface area contributed by atoms with Crippen LogP contribution in [0.1, 0.15) is 68.9 Å². The number of ether oxygens (including phenoxy) is 1. The van der Waals surface area contributed by atoms with Crippen LogP contribution in [0.5, 0.6) is 0 Å². The summed E-state index contributed by atoms with van der Waals surface area (Å²) >= 11 is 1.68. The molecule has 1 saturated carbocycles. The van der Waals surface area contributed by atoms with E-state index >= 15 is 0 Å². The van der Waals surface area contributed by atoms with Crippen molar-refractivity contribution in [2.24, 2.45) is 0 Å². The van der Waals surface area contributed by atoms with E-state index in [0.29, 0.717) is 5.56 Å². The zero-order valence-electron chi connectivity index (χ0n) is 23.9. The van der Waals surface area contributed by atoms with Gasteiger partial charge in [0.05, 0.1) is 17.7 Å². The third-order valence-corrected chi connectivity index (χ3v) is 8.56. The molecule has 0 aliphatic heterocycles. The van der Waals surface area contributed by atoms with Crippen molar-refractivity contribution in [3.8, 4) is 11.5 Å². The van der Waals surface area contributed by atoms with E-state index in [2.05, 4.69) is 53.2 Å². The van der Waals surface area contributed by atoms with Gasteiger partial charge in [-0.05, 0) is 63.8 Å². The van der Waals surface area contributed by atoms with Crippen molar-refractivity contribution in [1.82, 2.24) is 10.6 Å². The molecule has 2 aromatic rings. The maximum absolute atomic E-state index is 13.9. The summed E-state index contributed by atoms with van der Waals surface area (Å²) in [5, 5.41) is 19.7. The van der Waals surface area contributed by atoms with Gasteiger partial charge in [0.2, 0.25) is 0 Å². The second-order valence-electron chi connectivity index (χ2n) is 12.5. The van der Waals surface area contributed by atoms with Crippen LogP contribution in [0.2, 0.25) is 19.6 Å². The SMILES string of the molecule is CC(C)(C)OC(=O)N[C@H](Cc1cc(F)cc(F)c1)[C@H](O)CNC1(c2cc(C#C[Si](C)(C)C)cs2)CCCCC1. The van der Waals surface area contributed by atoms with Gasteiger partial charge in [0.25, 0.3) is 0 Å². The second-order valence-corrected chi connectivity index (χ2v) is 18.2. The van der Waals surface area contributed by atoms with E-state index < -0.39 is 43.5 Å². The molecule has 214 valence electrons. The predicted octanol–water partition coefficient (Wildman–Crippen LogP) is 6.50. The number of carbonyl (C=O) groups is 1. The van der Waals surface area contributed by atoms with E-state index in [4.69, 9.17) is 4.74 Å². The summed E-state index contributed by atoms with van der Waals surface area (Å²) in [5.41, 5.74) is 3.75. The topological polar surface area (TPSA) is 70.6 Å². The lowest BCUT2D eigenvalue weighted by Gasteiger charge is -2.39. The molecule has 0 bridgehead atoms. The Morgan fingerprint density at radius 3 is 2.36 bits per heavy atom. The number of hydrogen-bond donors (Lipinski definition) is 3. The monoisotopic (exact) mass is 576 g/mol. The van der Waals surface area contributed by atoms with Crippen LogP contribution in [0.3, 0.4) is 0 Å². The van der Waals surface area contributed by atoms with Gasteiger partial charge in [-0.2, -0.15) is 0 Å². The summed E-state index contributed by atoms with van der Waals surface area (Å²) in [6.07, 6.45) is 3.47. The van der Waals surface area contributed by atoms with Gasteiger partial charge in [-0.15, -0.1) is 16.9 Å². The number of hydrogen-bond acceptors (Lipinski definition) is 5. The number of nitrogens with one attached hydrogen (secondary N) is 2. The molecule has 1 aromatic heterocycles. The van der Waals surface area contributed by atoms with Crippen LogP contribution in [0, 0.1) is 23.1 Å². The molecule has 0 spiro atoms. The van der Waals surface area contributed by atoms with Crippen LogP contribution in [0.15, 0.2) is 29.6 Å². The number of aliphatic hydroxyl groups is 1. The Morgan fingerprint density at radius 1 is 1.13 bits per heavy atom. The van der Waals surface area contributed by atoms with Crippen molar-refractivity contribution >= 4 is 25.5 Å². The Kier molecular flexibility index (Phi) is 10.4. The van der Waals surface area contributed by atoms with Crippen LogP contribution in [0.4, 0.5) is 13.6 Å². The Bertz CT molecular complexity index is 1170. The summed E-state index contributed by atoms with van der Waals surface area (Å²) in [5.74, 6) is 1.93. The maximum atomic E-state index is 13.9. The van der Waals surface area contributed by atoms with Gasteiger partial charge in [-0.25, -0.2) is 13.6 Å². The molecule has 0 unspecified atom stereocenters. The Morgan fingerprint density at radius 2 is 1.77 bits per heavy atom. The molecule has 3 N–H and O–H groups in total. The zero-order valence-corrected chi connectivity index (χ0v) is 25.7. The van der Waals surface area contributed by atoms with Crippen molar-refractivity contribution in [3.05, 3.63) is 57.3 Å². The third-order valence-electron chi connectivity index (χ3n) is 6.55. The van der Waals surface area contributed by atoms with Crippen LogP contribution < -0.4 is 10.6 Å². The highest BCUT2D eigenvalue weighted by Crippen LogP contribution is 2.40. The number of thiophene rings is 1. The highest BCUT2D eigenvalue weighted by Gasteiger charge is 2.36. The van der Waals surface area contributed by atoms with Crippen molar-refractivity contribution in [2.75, 3.05) is 6.54 Å². The van der Waals surface area contributed by atoms with E-state index in [-0.39, 0.29) is 18.5 Å². The van der Waals surface area contributed by atoms with E-state index in [1.807, 2.05) is 0 Å². The normalized spacial score (nSPS) is 17.1. The van der Waals surface area contributed by atoms with Crippen molar-refractivity contribution in [1.29, 1.82) is 0 Å². The first-order chi connectivity index (χ1) is 18.1. The fourth-order valence-corrected chi connectivity index (χ4v) is 6.34. The van der Waals surface area contributed by atoms with E-state index in [1.165, 1.54) is 17.0 Å². The predicted molar refractivity (Wildman–Crippen MR) is 157 cm³/mol. The lowest BCUT2D eigenvalue weighted by atomic mass is 9.80. The molecule has 1 aliphatic rings. The number of alkyl carbamates (subject to hydrolysis) is 1. The van der Waals surface area contributed by atoms with Gasteiger partial charge < -0.3 is 20.5 Å². The number of aliphatic hydroxyl groups excluding tert-OH is 1. The number of halogens is 2. The van der Waals surface area contributed by atoms with Gasteiger partial charge in [0.1, 0.15) is 25.3 Å². The van der Waals surface area contributed by atoms with E-state index in [9.17, 15) is 18.7 Å². The first kappa shape index (κ1) is 31.3. The fourth-order valence-electron chi connectivity index (χ4n) is 4.75. The molecule has 0 radical (unpaired) electrons. The van der Waals surface area contributed by atoms with E-state index in [0.717, 1.165) is 43.7 Å². The summed E-state index contributed by atoms with van der Waals surface area (Å²) in [7, 11) is -1.50. The maximum Gasteiger partial charge on any atom is 0.407 e. The average Bonchev–Trinajstić information content (AvgIpc) is 3.29. The second kappa shape index (κ2) is 12.9. The number of benzene rings is 1. The van der Waals surface area contributed by atoms with Crippen LogP contribution >= 0.6 is 11.3 Å². The largest absolute Gasteiger partial charge is 0.444 e. The van der Waals surface area contributed by atoms with Gasteiger partial charge in [0.15, 0.2) is 0 Å². The number of amides is 1. The molecule has 2 atom stereocenters. The lowest BCUT2D eigenvalue weighted by molar-refractivity contribution is 0.0408. The molecule has 1 heterocycles. The van der Waals surface area contributed by atoms with Gasteiger partial charge in [0, 0.05) is 28.4 Å². The van der Waals surface area contributed by atoms with Gasteiger partial charge >= 0.3 is 6.09 Å². The van der Waals surface area contributed by atoms with Crippen LogP contribution in [0.25, 0.3) is 0 Å². The minimum absolute atomic E-state index is 0.0409.